The zero-order valence-corrected chi connectivity index (χ0v) is 11.2. The van der Waals surface area contributed by atoms with E-state index in [1.54, 1.807) is 0 Å². The Kier molecular flexibility index (Phi) is 5.58. The molecule has 0 aliphatic carbocycles. The second-order valence-corrected chi connectivity index (χ2v) is 4.68. The number of thioether (sulfide) groups is 1. The highest BCUT2D eigenvalue weighted by Crippen LogP contribution is 2.19. The molecule has 0 bridgehead atoms. The third-order valence-corrected chi connectivity index (χ3v) is 2.83. The minimum Gasteiger partial charge on any atom is -0.370 e. The fourth-order valence-corrected chi connectivity index (χ4v) is 1.74. The molecule has 1 amide bonds. The molecule has 102 valence electrons. The summed E-state index contributed by atoms with van der Waals surface area (Å²) in [5.41, 5.74) is 10.5. The topological polar surface area (TPSA) is 117 Å². The fourth-order valence-electron chi connectivity index (χ4n) is 1.05. The number of nitrogens with zero attached hydrogens (tertiary/aromatic N) is 1. The molecule has 0 heterocycles. The van der Waals surface area contributed by atoms with E-state index < -0.39 is 5.82 Å². The van der Waals surface area contributed by atoms with Crippen LogP contribution in [0.4, 0.5) is 10.1 Å². The van der Waals surface area contributed by atoms with Gasteiger partial charge in [-0.15, -0.1) is 0 Å². The van der Waals surface area contributed by atoms with Crippen molar-refractivity contribution in [2.24, 2.45) is 16.5 Å². The van der Waals surface area contributed by atoms with E-state index in [-0.39, 0.29) is 27.8 Å². The number of carbonyl (C=O) groups is 1. The number of halogens is 2. The van der Waals surface area contributed by atoms with Gasteiger partial charge in [-0.2, -0.15) is 4.99 Å². The molecular formula is C10H11ClFN5OS. The minimum atomic E-state index is -0.566. The maximum atomic E-state index is 12.9. The number of guanidine groups is 1. The Morgan fingerprint density at radius 1 is 1.53 bits per heavy atom. The van der Waals surface area contributed by atoms with Gasteiger partial charge in [-0.3, -0.25) is 10.2 Å². The first-order chi connectivity index (χ1) is 8.88. The van der Waals surface area contributed by atoms with E-state index >= 15 is 0 Å². The van der Waals surface area contributed by atoms with Crippen LogP contribution in [0.5, 0.6) is 0 Å². The molecule has 0 aliphatic rings. The first-order valence-electron chi connectivity index (χ1n) is 4.94. The highest BCUT2D eigenvalue weighted by molar-refractivity contribution is 8.14. The second kappa shape index (κ2) is 6.95. The molecule has 0 atom stereocenters. The number of amidine groups is 1. The van der Waals surface area contributed by atoms with Crippen LogP contribution in [-0.2, 0) is 4.79 Å². The first kappa shape index (κ1) is 15.3. The van der Waals surface area contributed by atoms with Crippen molar-refractivity contribution in [2.45, 2.75) is 0 Å². The Bertz CT molecular complexity index is 533. The number of amides is 1. The molecule has 6 nitrogen and oxygen atoms in total. The number of nitrogens with two attached hydrogens (primary N) is 2. The molecular weight excluding hydrogens is 293 g/mol. The normalized spacial score (nSPS) is 9.79. The summed E-state index contributed by atoms with van der Waals surface area (Å²) in [6, 6.07) is 3.82. The van der Waals surface area contributed by atoms with Crippen LogP contribution in [0, 0.1) is 11.2 Å². The van der Waals surface area contributed by atoms with Crippen molar-refractivity contribution in [2.75, 3.05) is 11.1 Å². The molecule has 0 spiro atoms. The van der Waals surface area contributed by atoms with E-state index in [0.29, 0.717) is 5.69 Å². The van der Waals surface area contributed by atoms with Crippen molar-refractivity contribution in [3.63, 3.8) is 0 Å². The number of carbonyl (C=O) groups excluding carboxylic acids is 1. The summed E-state index contributed by atoms with van der Waals surface area (Å²) in [5.74, 6) is -1.25. The lowest BCUT2D eigenvalue weighted by Crippen LogP contribution is -2.24. The van der Waals surface area contributed by atoms with Gasteiger partial charge < -0.3 is 16.8 Å². The Morgan fingerprint density at radius 3 is 2.79 bits per heavy atom. The lowest BCUT2D eigenvalue weighted by Gasteiger charge is -2.05. The van der Waals surface area contributed by atoms with E-state index in [0.717, 1.165) is 17.8 Å². The summed E-state index contributed by atoms with van der Waals surface area (Å²) >= 11 is 6.43. The molecule has 19 heavy (non-hydrogen) atoms. The van der Waals surface area contributed by atoms with Gasteiger partial charge in [0.15, 0.2) is 11.1 Å². The molecule has 1 aromatic carbocycles. The predicted molar refractivity (Wildman–Crippen MR) is 76.0 cm³/mol. The Balaban J connectivity index is 2.49. The van der Waals surface area contributed by atoms with Crippen molar-refractivity contribution in [3.8, 4) is 0 Å². The molecule has 0 aromatic heterocycles. The number of rotatable bonds is 3. The lowest BCUT2D eigenvalue weighted by atomic mass is 10.3. The van der Waals surface area contributed by atoms with Crippen molar-refractivity contribution in [3.05, 3.63) is 29.0 Å². The van der Waals surface area contributed by atoms with Gasteiger partial charge in [0.2, 0.25) is 5.91 Å². The smallest absolute Gasteiger partial charge is 0.234 e. The molecule has 6 N–H and O–H groups in total. The summed E-state index contributed by atoms with van der Waals surface area (Å²) in [6.45, 7) is 0. The third kappa shape index (κ3) is 5.58. The van der Waals surface area contributed by atoms with Crippen LogP contribution in [0.3, 0.4) is 0 Å². The van der Waals surface area contributed by atoms with Gasteiger partial charge >= 0.3 is 0 Å². The fraction of sp³-hybridized carbons (Fsp3) is 0.100. The monoisotopic (exact) mass is 303 g/mol. The van der Waals surface area contributed by atoms with Crippen LogP contribution < -0.4 is 16.8 Å². The Morgan fingerprint density at radius 2 is 2.21 bits per heavy atom. The summed E-state index contributed by atoms with van der Waals surface area (Å²) < 4.78 is 12.9. The Hall–Kier alpha value is -1.80. The molecule has 0 fully saturated rings. The molecule has 9 heteroatoms. The van der Waals surface area contributed by atoms with Crippen LogP contribution in [0.1, 0.15) is 0 Å². The molecule has 0 unspecified atom stereocenters. The first-order valence-corrected chi connectivity index (χ1v) is 6.30. The molecule has 0 radical (unpaired) electrons. The number of hydrogen-bond donors (Lipinski definition) is 4. The maximum Gasteiger partial charge on any atom is 0.234 e. The van der Waals surface area contributed by atoms with Gasteiger partial charge in [0.1, 0.15) is 5.82 Å². The SMILES string of the molecule is N=C(N=C(N)N)SCC(=O)Nc1ccc(F)c(Cl)c1. The summed E-state index contributed by atoms with van der Waals surface area (Å²) in [4.78, 5) is 15.0. The molecule has 1 rings (SSSR count). The van der Waals surface area contributed by atoms with E-state index in [1.807, 2.05) is 0 Å². The quantitative estimate of drug-likeness (QED) is 0.498. The molecule has 0 saturated heterocycles. The van der Waals surface area contributed by atoms with Gasteiger partial charge in [-0.1, -0.05) is 23.4 Å². The van der Waals surface area contributed by atoms with E-state index in [9.17, 15) is 9.18 Å². The van der Waals surface area contributed by atoms with E-state index in [2.05, 4.69) is 10.3 Å². The summed E-state index contributed by atoms with van der Waals surface area (Å²) in [6.07, 6.45) is 0. The average molecular weight is 304 g/mol. The number of hydrogen-bond acceptors (Lipinski definition) is 3. The Labute approximate surface area is 117 Å². The van der Waals surface area contributed by atoms with E-state index in [4.69, 9.17) is 28.5 Å². The molecule has 0 aliphatic heterocycles. The molecule has 1 aromatic rings. The van der Waals surface area contributed by atoms with Gasteiger partial charge in [0.05, 0.1) is 10.8 Å². The maximum absolute atomic E-state index is 12.9. The van der Waals surface area contributed by atoms with Gasteiger partial charge in [-0.05, 0) is 18.2 Å². The van der Waals surface area contributed by atoms with Gasteiger partial charge in [0, 0.05) is 5.69 Å². The van der Waals surface area contributed by atoms with Crippen molar-refractivity contribution >= 4 is 46.1 Å². The number of benzene rings is 1. The molecule has 0 saturated carbocycles. The highest BCUT2D eigenvalue weighted by Gasteiger charge is 2.07. The largest absolute Gasteiger partial charge is 0.370 e. The van der Waals surface area contributed by atoms with Crippen LogP contribution in [0.15, 0.2) is 23.2 Å². The number of anilines is 1. The van der Waals surface area contributed by atoms with Crippen LogP contribution >= 0.6 is 23.4 Å². The zero-order valence-electron chi connectivity index (χ0n) is 9.61. The summed E-state index contributed by atoms with van der Waals surface area (Å²) in [5, 5.41) is 9.56. The highest BCUT2D eigenvalue weighted by atomic mass is 35.5. The third-order valence-electron chi connectivity index (χ3n) is 1.77. The zero-order chi connectivity index (χ0) is 14.4. The standard InChI is InChI=1S/C10H11ClFN5OS/c11-6-3-5(1-2-7(6)12)16-8(18)4-19-10(15)17-9(13)14/h1-3H,4H2,(H,16,18)(H5,13,14,15,17). The van der Waals surface area contributed by atoms with E-state index in [1.165, 1.54) is 12.1 Å². The average Bonchev–Trinajstić information content (AvgIpc) is 2.30. The van der Waals surface area contributed by atoms with Crippen molar-refractivity contribution in [1.82, 2.24) is 0 Å². The van der Waals surface area contributed by atoms with Crippen molar-refractivity contribution in [1.29, 1.82) is 5.41 Å². The minimum absolute atomic E-state index is 0.0510. The number of aliphatic imine (C=N–C) groups is 1. The van der Waals surface area contributed by atoms with Crippen LogP contribution in [-0.4, -0.2) is 22.8 Å². The van der Waals surface area contributed by atoms with Crippen LogP contribution in [0.25, 0.3) is 0 Å². The van der Waals surface area contributed by atoms with Gasteiger partial charge in [0.25, 0.3) is 0 Å². The van der Waals surface area contributed by atoms with Gasteiger partial charge in [-0.25, -0.2) is 4.39 Å². The van der Waals surface area contributed by atoms with Crippen LogP contribution in [0.2, 0.25) is 5.02 Å². The lowest BCUT2D eigenvalue weighted by molar-refractivity contribution is -0.113. The summed E-state index contributed by atoms with van der Waals surface area (Å²) in [7, 11) is 0. The van der Waals surface area contributed by atoms with Crippen molar-refractivity contribution < 1.29 is 9.18 Å². The number of nitrogens with one attached hydrogen (secondary N) is 2. The predicted octanol–water partition coefficient (Wildman–Crippen LogP) is 1.36. The second-order valence-electron chi connectivity index (χ2n) is 3.31.